The molecule has 2 N–H and O–H groups in total. The lowest BCUT2D eigenvalue weighted by Crippen LogP contribution is -2.44. The van der Waals surface area contributed by atoms with Crippen LogP contribution in [0.3, 0.4) is 0 Å². The Bertz CT molecular complexity index is 1030. The quantitative estimate of drug-likeness (QED) is 0.761. The van der Waals surface area contributed by atoms with Crippen molar-refractivity contribution in [1.29, 1.82) is 5.26 Å². The first-order valence-electron chi connectivity index (χ1n) is 10.9. The van der Waals surface area contributed by atoms with Gasteiger partial charge in [-0.2, -0.15) is 5.26 Å². The second kappa shape index (κ2) is 7.59. The summed E-state index contributed by atoms with van der Waals surface area (Å²) in [4.78, 5) is 5.14. The summed E-state index contributed by atoms with van der Waals surface area (Å²) in [5, 5.41) is 29.9. The predicted octanol–water partition coefficient (Wildman–Crippen LogP) is 4.86. The number of aliphatic hydroxyl groups is 2. The monoisotopic (exact) mass is 405 g/mol. The van der Waals surface area contributed by atoms with Gasteiger partial charge in [0.1, 0.15) is 11.6 Å². The van der Waals surface area contributed by atoms with Crippen molar-refractivity contribution in [3.8, 4) is 17.5 Å². The van der Waals surface area contributed by atoms with Crippen LogP contribution in [0.2, 0.25) is 0 Å². The molecule has 2 aliphatic carbocycles. The van der Waals surface area contributed by atoms with Crippen LogP contribution in [0.25, 0.3) is 11.4 Å². The number of aromatic nitrogens is 2. The fraction of sp³-hybridized carbons (Fsp3) is 0.520. The van der Waals surface area contributed by atoms with E-state index in [0.717, 1.165) is 35.6 Å². The van der Waals surface area contributed by atoms with Crippen LogP contribution >= 0.6 is 0 Å². The molecule has 2 aromatic rings. The molecule has 2 aliphatic rings. The number of benzene rings is 1. The Morgan fingerprint density at radius 3 is 2.60 bits per heavy atom. The first-order chi connectivity index (χ1) is 14.3. The maximum absolute atomic E-state index is 10.5. The number of aliphatic hydroxyl groups excluding tert-OH is 2. The molecule has 0 unspecified atom stereocenters. The molecular weight excluding hydrogens is 374 g/mol. The number of nitriles is 1. The Balaban J connectivity index is 1.85. The fourth-order valence-electron chi connectivity index (χ4n) is 5.60. The summed E-state index contributed by atoms with van der Waals surface area (Å²) in [6.45, 7) is 9.14. The minimum absolute atomic E-state index is 0.0525. The van der Waals surface area contributed by atoms with E-state index in [1.807, 2.05) is 6.92 Å². The zero-order chi connectivity index (χ0) is 21.6. The Morgan fingerprint density at radius 1 is 1.30 bits per heavy atom. The topological polar surface area (TPSA) is 82.1 Å². The maximum Gasteiger partial charge on any atom is 0.140 e. The third kappa shape index (κ3) is 3.06. The molecule has 0 saturated carbocycles. The molecule has 0 saturated heterocycles. The van der Waals surface area contributed by atoms with Gasteiger partial charge >= 0.3 is 0 Å². The molecule has 0 fully saturated rings. The molecule has 1 aromatic heterocycles. The molecule has 4 rings (SSSR count). The van der Waals surface area contributed by atoms with Gasteiger partial charge in [0.05, 0.1) is 23.9 Å². The largest absolute Gasteiger partial charge is 0.511 e. The van der Waals surface area contributed by atoms with Crippen molar-refractivity contribution >= 4 is 0 Å². The highest BCUT2D eigenvalue weighted by atomic mass is 16.3. The van der Waals surface area contributed by atoms with E-state index < -0.39 is 0 Å². The van der Waals surface area contributed by atoms with E-state index in [1.165, 1.54) is 5.56 Å². The van der Waals surface area contributed by atoms with Crippen molar-refractivity contribution in [2.24, 2.45) is 11.8 Å². The van der Waals surface area contributed by atoms with Crippen LogP contribution in [0, 0.1) is 23.2 Å². The van der Waals surface area contributed by atoms with Gasteiger partial charge in [-0.3, -0.25) is 0 Å². The Kier molecular flexibility index (Phi) is 5.23. The number of imidazole rings is 1. The van der Waals surface area contributed by atoms with Crippen molar-refractivity contribution in [3.05, 3.63) is 52.5 Å². The van der Waals surface area contributed by atoms with Crippen molar-refractivity contribution in [1.82, 2.24) is 9.55 Å². The molecule has 5 nitrogen and oxygen atoms in total. The first-order valence-corrected chi connectivity index (χ1v) is 10.9. The van der Waals surface area contributed by atoms with Crippen molar-refractivity contribution in [3.63, 3.8) is 0 Å². The molecular formula is C25H31N3O2. The number of rotatable bonds is 4. The smallest absolute Gasteiger partial charge is 0.140 e. The van der Waals surface area contributed by atoms with E-state index in [2.05, 4.69) is 55.7 Å². The molecule has 3 atom stereocenters. The van der Waals surface area contributed by atoms with Gasteiger partial charge in [0.25, 0.3) is 0 Å². The number of fused-ring (bicyclic) bond motifs is 3. The number of hydrogen-bond donors (Lipinski definition) is 2. The predicted molar refractivity (Wildman–Crippen MR) is 117 cm³/mol. The highest BCUT2D eigenvalue weighted by Crippen LogP contribution is 2.53. The highest BCUT2D eigenvalue weighted by molar-refractivity contribution is 5.59. The molecule has 0 aliphatic heterocycles. The lowest BCUT2D eigenvalue weighted by atomic mass is 9.57. The van der Waals surface area contributed by atoms with Gasteiger partial charge in [0, 0.05) is 29.1 Å². The van der Waals surface area contributed by atoms with Crippen LogP contribution in [0.4, 0.5) is 0 Å². The molecule has 0 bridgehead atoms. The van der Waals surface area contributed by atoms with Crippen LogP contribution in [0.15, 0.2) is 35.6 Å². The number of nitrogens with zero attached hydrogens (tertiary/aromatic N) is 3. The summed E-state index contributed by atoms with van der Waals surface area (Å²) in [5.41, 5.74) is 4.71. The Morgan fingerprint density at radius 2 is 2.00 bits per heavy atom. The number of allylic oxidation sites excluding steroid dienone is 2. The Hall–Kier alpha value is -2.58. The molecule has 1 heterocycles. The molecule has 0 spiro atoms. The zero-order valence-corrected chi connectivity index (χ0v) is 18.3. The second-order valence-electron chi connectivity index (χ2n) is 9.39. The summed E-state index contributed by atoms with van der Waals surface area (Å²) in [6, 6.07) is 10.8. The van der Waals surface area contributed by atoms with Gasteiger partial charge in [-0.25, -0.2) is 4.98 Å². The summed E-state index contributed by atoms with van der Waals surface area (Å²) < 4.78 is 2.16. The normalized spacial score (nSPS) is 25.8. The third-order valence-electron chi connectivity index (χ3n) is 7.31. The Labute approximate surface area is 178 Å². The second-order valence-corrected chi connectivity index (χ2v) is 9.39. The lowest BCUT2D eigenvalue weighted by Gasteiger charge is -2.46. The maximum atomic E-state index is 10.5. The molecule has 5 heteroatoms. The van der Waals surface area contributed by atoms with Crippen molar-refractivity contribution in [2.45, 2.75) is 64.8 Å². The van der Waals surface area contributed by atoms with Crippen LogP contribution in [-0.2, 0) is 18.4 Å². The van der Waals surface area contributed by atoms with E-state index in [1.54, 1.807) is 0 Å². The van der Waals surface area contributed by atoms with Gasteiger partial charge in [-0.1, -0.05) is 52.0 Å². The summed E-state index contributed by atoms with van der Waals surface area (Å²) in [7, 11) is 0. The van der Waals surface area contributed by atoms with Crippen LogP contribution in [0.1, 0.15) is 63.4 Å². The van der Waals surface area contributed by atoms with Gasteiger partial charge in [0.2, 0.25) is 0 Å². The summed E-state index contributed by atoms with van der Waals surface area (Å²) >= 11 is 0. The zero-order valence-electron chi connectivity index (χ0n) is 18.3. The molecule has 0 amide bonds. The van der Waals surface area contributed by atoms with E-state index in [9.17, 15) is 15.5 Å². The van der Waals surface area contributed by atoms with Gasteiger partial charge in [-0.05, 0) is 36.7 Å². The SMILES string of the molecule is CC(C)c1ccc(-c2nc3c(n2CCO)CC[C@@H]2[C@@H](C)C(O)=C(C#N)C[C@@]32C)cc1. The standard InChI is InChI=1S/C25H31N3O2/c1-15(2)17-5-7-18(8-6-17)24-27-23-21(28(24)11-12-29)10-9-20-16(3)22(30)19(14-26)13-25(20,23)4/h5-8,15-16,20,29-30H,9-13H2,1-4H3/t16-,20-,25-/m1/s1. The van der Waals surface area contributed by atoms with E-state index in [0.29, 0.717) is 24.5 Å². The molecule has 0 radical (unpaired) electrons. The fourth-order valence-corrected chi connectivity index (χ4v) is 5.60. The average molecular weight is 406 g/mol. The van der Waals surface area contributed by atoms with Crippen molar-refractivity contribution in [2.75, 3.05) is 6.61 Å². The van der Waals surface area contributed by atoms with Crippen molar-refractivity contribution < 1.29 is 10.2 Å². The average Bonchev–Trinajstić information content (AvgIpc) is 3.11. The highest BCUT2D eigenvalue weighted by Gasteiger charge is 2.50. The van der Waals surface area contributed by atoms with E-state index in [4.69, 9.17) is 4.98 Å². The van der Waals surface area contributed by atoms with E-state index >= 15 is 0 Å². The van der Waals surface area contributed by atoms with Crippen LogP contribution in [-0.4, -0.2) is 26.4 Å². The minimum Gasteiger partial charge on any atom is -0.511 e. The molecule has 158 valence electrons. The molecule has 1 aromatic carbocycles. The molecule has 30 heavy (non-hydrogen) atoms. The first kappa shape index (κ1) is 20.7. The third-order valence-corrected chi connectivity index (χ3v) is 7.31. The van der Waals surface area contributed by atoms with E-state index in [-0.39, 0.29) is 29.6 Å². The minimum atomic E-state index is -0.294. The van der Waals surface area contributed by atoms with Gasteiger partial charge in [0.15, 0.2) is 0 Å². The van der Waals surface area contributed by atoms with Gasteiger partial charge in [-0.15, -0.1) is 0 Å². The summed E-state index contributed by atoms with van der Waals surface area (Å²) in [5.74, 6) is 1.80. The van der Waals surface area contributed by atoms with Gasteiger partial charge < -0.3 is 14.8 Å². The van der Waals surface area contributed by atoms with Crippen LogP contribution < -0.4 is 0 Å². The van der Waals surface area contributed by atoms with Crippen LogP contribution in [0.5, 0.6) is 0 Å². The number of hydrogen-bond acceptors (Lipinski definition) is 4. The summed E-state index contributed by atoms with van der Waals surface area (Å²) in [6.07, 6.45) is 2.32. The lowest BCUT2D eigenvalue weighted by molar-refractivity contribution is 0.135.